The molecule has 6 heteroatoms. The van der Waals surface area contributed by atoms with Crippen LogP contribution >= 0.6 is 12.2 Å². The summed E-state index contributed by atoms with van der Waals surface area (Å²) in [6.07, 6.45) is -0.131. The SMILES string of the molecule is NC(=S)CCCCN(CCO)CC(F)F. The van der Waals surface area contributed by atoms with Crippen molar-refractivity contribution < 1.29 is 13.9 Å². The van der Waals surface area contributed by atoms with E-state index in [1.807, 2.05) is 0 Å². The van der Waals surface area contributed by atoms with Gasteiger partial charge in [0.15, 0.2) is 0 Å². The summed E-state index contributed by atoms with van der Waals surface area (Å²) in [4.78, 5) is 2.00. The summed E-state index contributed by atoms with van der Waals surface area (Å²) < 4.78 is 24.2. The monoisotopic (exact) mass is 240 g/mol. The van der Waals surface area contributed by atoms with Gasteiger partial charge in [-0.05, 0) is 25.8 Å². The van der Waals surface area contributed by atoms with Crippen LogP contribution in [0.15, 0.2) is 0 Å². The third-order valence-corrected chi connectivity index (χ3v) is 2.16. The van der Waals surface area contributed by atoms with Gasteiger partial charge in [-0.1, -0.05) is 12.2 Å². The van der Waals surface area contributed by atoms with Crippen molar-refractivity contribution in [3.8, 4) is 0 Å². The van der Waals surface area contributed by atoms with Crippen LogP contribution in [0.25, 0.3) is 0 Å². The average molecular weight is 240 g/mol. The van der Waals surface area contributed by atoms with E-state index in [2.05, 4.69) is 0 Å². The molecule has 0 rings (SSSR count). The molecule has 90 valence electrons. The van der Waals surface area contributed by atoms with Crippen LogP contribution in [0.4, 0.5) is 8.78 Å². The van der Waals surface area contributed by atoms with Gasteiger partial charge in [0.05, 0.1) is 18.1 Å². The fourth-order valence-corrected chi connectivity index (χ4v) is 1.41. The van der Waals surface area contributed by atoms with Crippen LogP contribution in [0.1, 0.15) is 19.3 Å². The number of hydrogen-bond donors (Lipinski definition) is 2. The van der Waals surface area contributed by atoms with Gasteiger partial charge < -0.3 is 10.8 Å². The molecule has 0 spiro atoms. The van der Waals surface area contributed by atoms with E-state index in [4.69, 9.17) is 23.1 Å². The van der Waals surface area contributed by atoms with Gasteiger partial charge in [0.2, 0.25) is 0 Å². The Morgan fingerprint density at radius 1 is 1.33 bits per heavy atom. The lowest BCUT2D eigenvalue weighted by Crippen LogP contribution is -2.32. The van der Waals surface area contributed by atoms with Gasteiger partial charge in [0.1, 0.15) is 0 Å². The highest BCUT2D eigenvalue weighted by Crippen LogP contribution is 2.02. The number of rotatable bonds is 9. The Morgan fingerprint density at radius 2 is 2.00 bits per heavy atom. The number of hydrogen-bond acceptors (Lipinski definition) is 3. The maximum Gasteiger partial charge on any atom is 0.251 e. The van der Waals surface area contributed by atoms with Gasteiger partial charge in [-0.25, -0.2) is 8.78 Å². The van der Waals surface area contributed by atoms with Crippen LogP contribution in [-0.2, 0) is 0 Å². The lowest BCUT2D eigenvalue weighted by molar-refractivity contribution is 0.0776. The van der Waals surface area contributed by atoms with E-state index < -0.39 is 6.43 Å². The molecule has 0 saturated heterocycles. The molecule has 0 atom stereocenters. The number of aliphatic hydroxyl groups is 1. The van der Waals surface area contributed by atoms with Gasteiger partial charge in [-0.3, -0.25) is 4.90 Å². The van der Waals surface area contributed by atoms with Crippen LogP contribution in [0.2, 0.25) is 0 Å². The summed E-state index contributed by atoms with van der Waals surface area (Å²) >= 11 is 4.70. The Balaban J connectivity index is 3.60. The molecule has 15 heavy (non-hydrogen) atoms. The summed E-state index contributed by atoms with van der Waals surface area (Å²) in [5, 5.41) is 8.67. The number of nitrogens with two attached hydrogens (primary N) is 1. The van der Waals surface area contributed by atoms with Crippen molar-refractivity contribution in [1.82, 2.24) is 4.90 Å². The first-order chi connectivity index (χ1) is 7.06. The van der Waals surface area contributed by atoms with Crippen molar-refractivity contribution in [2.75, 3.05) is 26.2 Å². The highest BCUT2D eigenvalue weighted by atomic mass is 32.1. The third kappa shape index (κ3) is 9.96. The number of alkyl halides is 2. The van der Waals surface area contributed by atoms with E-state index >= 15 is 0 Å². The normalized spacial score (nSPS) is 11.3. The molecule has 0 bridgehead atoms. The zero-order valence-electron chi connectivity index (χ0n) is 8.66. The van der Waals surface area contributed by atoms with E-state index in [1.54, 1.807) is 4.90 Å². The topological polar surface area (TPSA) is 49.5 Å². The maximum atomic E-state index is 12.1. The number of nitrogens with zero attached hydrogens (tertiary/aromatic N) is 1. The Bertz CT molecular complexity index is 181. The zero-order valence-corrected chi connectivity index (χ0v) is 9.48. The highest BCUT2D eigenvalue weighted by Gasteiger charge is 2.10. The van der Waals surface area contributed by atoms with Crippen LogP contribution in [0.3, 0.4) is 0 Å². The zero-order chi connectivity index (χ0) is 11.7. The van der Waals surface area contributed by atoms with Crippen molar-refractivity contribution in [2.45, 2.75) is 25.7 Å². The molecule has 0 aliphatic rings. The second kappa shape index (κ2) is 8.94. The van der Waals surface area contributed by atoms with E-state index in [1.165, 1.54) is 0 Å². The molecule has 0 saturated carbocycles. The quantitative estimate of drug-likeness (QED) is 0.466. The number of thiocarbonyl (C=S) groups is 1. The molecule has 3 nitrogen and oxygen atoms in total. The molecular formula is C9H18F2N2OS. The molecule has 3 N–H and O–H groups in total. The number of unbranched alkanes of at least 4 members (excludes halogenated alkanes) is 1. The van der Waals surface area contributed by atoms with E-state index in [0.29, 0.717) is 18.0 Å². The number of halogens is 2. The lowest BCUT2D eigenvalue weighted by Gasteiger charge is -2.20. The Morgan fingerprint density at radius 3 is 2.47 bits per heavy atom. The molecule has 0 heterocycles. The summed E-state index contributed by atoms with van der Waals surface area (Å²) in [6.45, 7) is 0.459. The van der Waals surface area contributed by atoms with Crippen LogP contribution in [0.5, 0.6) is 0 Å². The minimum absolute atomic E-state index is 0.0952. The van der Waals surface area contributed by atoms with Gasteiger partial charge in [-0.15, -0.1) is 0 Å². The molecule has 0 aliphatic carbocycles. The van der Waals surface area contributed by atoms with Crippen molar-refractivity contribution in [3.63, 3.8) is 0 Å². The van der Waals surface area contributed by atoms with Gasteiger partial charge in [0.25, 0.3) is 6.43 Å². The van der Waals surface area contributed by atoms with Crippen molar-refractivity contribution >= 4 is 17.2 Å². The highest BCUT2D eigenvalue weighted by molar-refractivity contribution is 7.80. The Hall–Kier alpha value is -0.330. The van der Waals surface area contributed by atoms with Gasteiger partial charge >= 0.3 is 0 Å². The Labute approximate surface area is 94.2 Å². The maximum absolute atomic E-state index is 12.1. The first kappa shape index (κ1) is 14.7. The van der Waals surface area contributed by atoms with Gasteiger partial charge in [0, 0.05) is 6.54 Å². The standard InChI is InChI=1S/C9H18F2N2OS/c10-8(11)7-13(5-6-14)4-2-1-3-9(12)15/h8,14H,1-7H2,(H2,12,15). The summed E-state index contributed by atoms with van der Waals surface area (Å²) in [5.41, 5.74) is 5.31. The average Bonchev–Trinajstić information content (AvgIpc) is 2.11. The fraction of sp³-hybridized carbons (Fsp3) is 0.889. The van der Waals surface area contributed by atoms with E-state index in [-0.39, 0.29) is 19.7 Å². The largest absolute Gasteiger partial charge is 0.395 e. The molecule has 0 aromatic carbocycles. The van der Waals surface area contributed by atoms with Crippen LogP contribution < -0.4 is 5.73 Å². The minimum atomic E-state index is -2.35. The molecular weight excluding hydrogens is 222 g/mol. The molecule has 0 radical (unpaired) electrons. The summed E-state index contributed by atoms with van der Waals surface area (Å²) in [7, 11) is 0. The molecule has 0 unspecified atom stereocenters. The third-order valence-electron chi connectivity index (χ3n) is 1.96. The molecule has 0 aromatic heterocycles. The molecule has 0 fully saturated rings. The predicted octanol–water partition coefficient (Wildman–Crippen LogP) is 1.00. The van der Waals surface area contributed by atoms with E-state index in [9.17, 15) is 8.78 Å². The second-order valence-corrected chi connectivity index (χ2v) is 3.86. The summed E-state index contributed by atoms with van der Waals surface area (Å²) in [6, 6.07) is 0. The van der Waals surface area contributed by atoms with Crippen molar-refractivity contribution in [1.29, 1.82) is 0 Å². The summed E-state index contributed by atoms with van der Waals surface area (Å²) in [5.74, 6) is 0. The molecule has 0 aliphatic heterocycles. The molecule has 0 aromatic rings. The van der Waals surface area contributed by atoms with Crippen molar-refractivity contribution in [3.05, 3.63) is 0 Å². The molecule has 0 amide bonds. The number of aliphatic hydroxyl groups excluding tert-OH is 1. The minimum Gasteiger partial charge on any atom is -0.395 e. The first-order valence-corrected chi connectivity index (χ1v) is 5.36. The second-order valence-electron chi connectivity index (χ2n) is 3.34. The Kier molecular flexibility index (Phi) is 8.74. The first-order valence-electron chi connectivity index (χ1n) is 4.96. The predicted molar refractivity (Wildman–Crippen MR) is 60.2 cm³/mol. The van der Waals surface area contributed by atoms with Crippen LogP contribution in [-0.4, -0.2) is 47.7 Å². The van der Waals surface area contributed by atoms with Crippen molar-refractivity contribution in [2.24, 2.45) is 5.73 Å². The van der Waals surface area contributed by atoms with E-state index in [0.717, 1.165) is 12.8 Å². The van der Waals surface area contributed by atoms with Gasteiger partial charge in [-0.2, -0.15) is 0 Å². The smallest absolute Gasteiger partial charge is 0.251 e. The van der Waals surface area contributed by atoms with Crippen LogP contribution in [0, 0.1) is 0 Å². The lowest BCUT2D eigenvalue weighted by atomic mass is 10.2. The fourth-order valence-electron chi connectivity index (χ4n) is 1.27.